The van der Waals surface area contributed by atoms with Gasteiger partial charge < -0.3 is 15.1 Å². The van der Waals surface area contributed by atoms with Gasteiger partial charge in [0.15, 0.2) is 11.5 Å². The Labute approximate surface area is 178 Å². The van der Waals surface area contributed by atoms with Crippen LogP contribution < -0.4 is 15.1 Å². The molecule has 2 aliphatic heterocycles. The number of nitrogens with one attached hydrogen (secondary N) is 1. The van der Waals surface area contributed by atoms with Crippen LogP contribution in [0.2, 0.25) is 0 Å². The predicted octanol–water partition coefficient (Wildman–Crippen LogP) is 2.77. The number of piperazine rings is 1. The van der Waals surface area contributed by atoms with Crippen LogP contribution >= 0.6 is 0 Å². The number of aromatic nitrogens is 4. The fourth-order valence-corrected chi connectivity index (χ4v) is 4.26. The standard InChI is InChI=1S/C20H23F3N8/c1-11-8-30(12(2)7-25-11)17-16-18(27-10-26-17)31(9-19(16,3)4)15-5-13(20(21,22)23)14(6-24)28-29-15/h5,10-12,25H,7-9H2,1-4H3/t11-,12+/m1/s1. The molecule has 0 amide bonds. The van der Waals surface area contributed by atoms with Gasteiger partial charge >= 0.3 is 6.18 Å². The lowest BCUT2D eigenvalue weighted by molar-refractivity contribution is -0.138. The van der Waals surface area contributed by atoms with E-state index in [2.05, 4.69) is 44.2 Å². The Kier molecular flexibility index (Phi) is 5.00. The number of halogens is 3. The zero-order chi connectivity index (χ0) is 22.6. The quantitative estimate of drug-likeness (QED) is 0.774. The average Bonchev–Trinajstić information content (AvgIpc) is 3.00. The maximum atomic E-state index is 13.5. The number of hydrogen-bond acceptors (Lipinski definition) is 8. The normalized spacial score (nSPS) is 22.9. The molecule has 0 bridgehead atoms. The number of rotatable bonds is 2. The van der Waals surface area contributed by atoms with Crippen molar-refractivity contribution in [3.63, 3.8) is 0 Å². The smallest absolute Gasteiger partial charge is 0.351 e. The van der Waals surface area contributed by atoms with Crippen LogP contribution in [0.4, 0.5) is 30.6 Å². The number of alkyl halides is 3. The van der Waals surface area contributed by atoms with E-state index in [0.29, 0.717) is 12.4 Å². The average molecular weight is 432 g/mol. The second-order valence-electron chi connectivity index (χ2n) is 8.75. The third-order valence-electron chi connectivity index (χ3n) is 5.80. The van der Waals surface area contributed by atoms with Gasteiger partial charge in [0.25, 0.3) is 0 Å². The van der Waals surface area contributed by atoms with Gasteiger partial charge in [0.2, 0.25) is 0 Å². The molecule has 4 rings (SSSR count). The van der Waals surface area contributed by atoms with Crippen molar-refractivity contribution in [1.82, 2.24) is 25.5 Å². The summed E-state index contributed by atoms with van der Waals surface area (Å²) in [5.74, 6) is 1.31. The molecule has 0 aliphatic carbocycles. The molecule has 8 nitrogen and oxygen atoms in total. The van der Waals surface area contributed by atoms with Crippen molar-refractivity contribution in [2.75, 3.05) is 29.4 Å². The first kappa shape index (κ1) is 21.2. The van der Waals surface area contributed by atoms with E-state index in [0.717, 1.165) is 30.5 Å². The summed E-state index contributed by atoms with van der Waals surface area (Å²) < 4.78 is 40.4. The molecule has 0 radical (unpaired) electrons. The van der Waals surface area contributed by atoms with Crippen molar-refractivity contribution in [2.24, 2.45) is 0 Å². The van der Waals surface area contributed by atoms with E-state index in [-0.39, 0.29) is 17.9 Å². The number of hydrogen-bond donors (Lipinski definition) is 1. The molecule has 164 valence electrons. The Morgan fingerprint density at radius 2 is 1.90 bits per heavy atom. The largest absolute Gasteiger partial charge is 0.419 e. The molecular formula is C20H23F3N8. The van der Waals surface area contributed by atoms with Crippen molar-refractivity contribution in [3.8, 4) is 6.07 Å². The molecule has 2 aromatic heterocycles. The fourth-order valence-electron chi connectivity index (χ4n) is 4.26. The number of nitriles is 1. The van der Waals surface area contributed by atoms with Gasteiger partial charge in [-0.1, -0.05) is 13.8 Å². The van der Waals surface area contributed by atoms with E-state index in [1.165, 1.54) is 12.4 Å². The zero-order valence-corrected chi connectivity index (χ0v) is 17.7. The highest BCUT2D eigenvalue weighted by Crippen LogP contribution is 2.47. The third kappa shape index (κ3) is 3.65. The topological polar surface area (TPSA) is 93.9 Å². The van der Waals surface area contributed by atoms with Gasteiger partial charge in [-0.05, 0) is 19.9 Å². The summed E-state index contributed by atoms with van der Waals surface area (Å²) in [6.45, 7) is 10.2. The molecule has 11 heteroatoms. The molecule has 2 atom stereocenters. The maximum absolute atomic E-state index is 13.5. The molecule has 2 aliphatic rings. The summed E-state index contributed by atoms with van der Waals surface area (Å²) in [4.78, 5) is 12.8. The molecule has 0 spiro atoms. The van der Waals surface area contributed by atoms with Crippen molar-refractivity contribution in [3.05, 3.63) is 29.2 Å². The van der Waals surface area contributed by atoms with Crippen LogP contribution in [0, 0.1) is 11.3 Å². The SMILES string of the molecule is C[C@@H]1CN(c2ncnc3c2C(C)(C)CN3c2cc(C(F)(F)F)c(C#N)nn2)[C@@H](C)CN1. The molecule has 0 aromatic carbocycles. The lowest BCUT2D eigenvalue weighted by Gasteiger charge is -2.40. The van der Waals surface area contributed by atoms with E-state index < -0.39 is 22.8 Å². The number of fused-ring (bicyclic) bond motifs is 1. The Morgan fingerprint density at radius 3 is 2.58 bits per heavy atom. The van der Waals surface area contributed by atoms with Gasteiger partial charge in [-0.25, -0.2) is 9.97 Å². The van der Waals surface area contributed by atoms with E-state index in [1.54, 1.807) is 4.90 Å². The molecule has 2 aromatic rings. The Balaban J connectivity index is 1.82. The van der Waals surface area contributed by atoms with Gasteiger partial charge in [0.05, 0.1) is 5.56 Å². The molecule has 0 saturated carbocycles. The summed E-state index contributed by atoms with van der Waals surface area (Å²) in [7, 11) is 0. The van der Waals surface area contributed by atoms with Crippen LogP contribution in [-0.4, -0.2) is 51.9 Å². The van der Waals surface area contributed by atoms with Crippen LogP contribution in [0.25, 0.3) is 0 Å². The van der Waals surface area contributed by atoms with Crippen LogP contribution in [0.1, 0.15) is 44.5 Å². The summed E-state index contributed by atoms with van der Waals surface area (Å²) in [6, 6.07) is 2.81. The summed E-state index contributed by atoms with van der Waals surface area (Å²) in [5.41, 5.74) is -1.42. The van der Waals surface area contributed by atoms with E-state index >= 15 is 0 Å². The first-order valence-electron chi connectivity index (χ1n) is 10.0. The fraction of sp³-hybridized carbons (Fsp3) is 0.550. The van der Waals surface area contributed by atoms with Crippen molar-refractivity contribution in [2.45, 2.75) is 51.4 Å². The third-order valence-corrected chi connectivity index (χ3v) is 5.80. The minimum Gasteiger partial charge on any atom is -0.351 e. The molecule has 1 N–H and O–H groups in total. The number of nitrogens with zero attached hydrogens (tertiary/aromatic N) is 7. The van der Waals surface area contributed by atoms with Gasteiger partial charge in [-0.15, -0.1) is 10.2 Å². The van der Waals surface area contributed by atoms with Crippen LogP contribution in [0.5, 0.6) is 0 Å². The van der Waals surface area contributed by atoms with Crippen LogP contribution in [0.15, 0.2) is 12.4 Å². The van der Waals surface area contributed by atoms with E-state index in [4.69, 9.17) is 5.26 Å². The first-order chi connectivity index (χ1) is 14.5. The minimum absolute atomic E-state index is 0.00419. The van der Waals surface area contributed by atoms with Crippen molar-refractivity contribution >= 4 is 17.5 Å². The summed E-state index contributed by atoms with van der Waals surface area (Å²) in [6.07, 6.45) is -3.28. The van der Waals surface area contributed by atoms with Crippen LogP contribution in [0.3, 0.4) is 0 Å². The Morgan fingerprint density at radius 1 is 1.19 bits per heavy atom. The Bertz CT molecular complexity index is 1050. The number of anilines is 3. The van der Waals surface area contributed by atoms with Gasteiger partial charge in [-0.3, -0.25) is 0 Å². The molecule has 4 heterocycles. The van der Waals surface area contributed by atoms with E-state index in [9.17, 15) is 13.2 Å². The zero-order valence-electron chi connectivity index (χ0n) is 17.7. The first-order valence-corrected chi connectivity index (χ1v) is 10.0. The molecule has 1 fully saturated rings. The van der Waals surface area contributed by atoms with E-state index in [1.807, 2.05) is 13.8 Å². The minimum atomic E-state index is -4.71. The monoisotopic (exact) mass is 432 g/mol. The van der Waals surface area contributed by atoms with Gasteiger partial charge in [-0.2, -0.15) is 18.4 Å². The highest BCUT2D eigenvalue weighted by atomic mass is 19.4. The molecule has 0 unspecified atom stereocenters. The van der Waals surface area contributed by atoms with Crippen molar-refractivity contribution < 1.29 is 13.2 Å². The van der Waals surface area contributed by atoms with Gasteiger partial charge in [0.1, 0.15) is 24.0 Å². The second-order valence-corrected chi connectivity index (χ2v) is 8.75. The molecule has 31 heavy (non-hydrogen) atoms. The molecule has 1 saturated heterocycles. The molecular weight excluding hydrogens is 409 g/mol. The Hall–Kier alpha value is -3.00. The highest BCUT2D eigenvalue weighted by Gasteiger charge is 2.44. The highest BCUT2D eigenvalue weighted by molar-refractivity contribution is 5.73. The predicted molar refractivity (Wildman–Crippen MR) is 108 cm³/mol. The van der Waals surface area contributed by atoms with Gasteiger partial charge in [0, 0.05) is 42.7 Å². The summed E-state index contributed by atoms with van der Waals surface area (Å²) in [5, 5.41) is 19.9. The van der Waals surface area contributed by atoms with Crippen LogP contribution in [-0.2, 0) is 11.6 Å². The maximum Gasteiger partial charge on any atom is 0.419 e. The lowest BCUT2D eigenvalue weighted by atomic mass is 9.87. The lowest BCUT2D eigenvalue weighted by Crippen LogP contribution is -2.55. The van der Waals surface area contributed by atoms with Crippen molar-refractivity contribution in [1.29, 1.82) is 5.26 Å². The second kappa shape index (κ2) is 7.30. The summed E-state index contributed by atoms with van der Waals surface area (Å²) >= 11 is 0.